The number of aryl methyl sites for hydroxylation is 3. The van der Waals surface area contributed by atoms with E-state index in [2.05, 4.69) is 29.9 Å². The van der Waals surface area contributed by atoms with Crippen molar-refractivity contribution in [1.82, 2.24) is 9.78 Å². The predicted octanol–water partition coefficient (Wildman–Crippen LogP) is 2.21. The fraction of sp³-hybridized carbons (Fsp3) is 0.353. The van der Waals surface area contributed by atoms with E-state index in [0.717, 1.165) is 34.7 Å². The molecule has 2 rings (SSSR count). The Morgan fingerprint density at radius 1 is 1.33 bits per heavy atom. The van der Waals surface area contributed by atoms with Crippen LogP contribution in [0, 0.1) is 18.8 Å². The van der Waals surface area contributed by atoms with Crippen molar-refractivity contribution in [2.24, 2.45) is 7.05 Å². The van der Waals surface area contributed by atoms with Crippen LogP contribution in [0.4, 0.5) is 0 Å². The first-order chi connectivity index (χ1) is 10.1. The maximum Gasteiger partial charge on any atom is 0.130 e. The number of aliphatic hydroxyl groups excluding tert-OH is 1. The van der Waals surface area contributed by atoms with E-state index in [0.29, 0.717) is 6.61 Å². The van der Waals surface area contributed by atoms with Crippen molar-refractivity contribution >= 4 is 0 Å². The molecule has 0 saturated heterocycles. The van der Waals surface area contributed by atoms with Gasteiger partial charge in [0.2, 0.25) is 0 Å². The predicted molar refractivity (Wildman–Crippen MR) is 82.1 cm³/mol. The molecule has 0 aliphatic heterocycles. The van der Waals surface area contributed by atoms with Gasteiger partial charge < -0.3 is 9.84 Å². The summed E-state index contributed by atoms with van der Waals surface area (Å²) < 4.78 is 7.67. The van der Waals surface area contributed by atoms with E-state index in [9.17, 15) is 0 Å². The first-order valence-corrected chi connectivity index (χ1v) is 6.99. The molecule has 21 heavy (non-hydrogen) atoms. The minimum atomic E-state index is -0.127. The van der Waals surface area contributed by atoms with Gasteiger partial charge in [0.15, 0.2) is 0 Å². The average molecular weight is 284 g/mol. The summed E-state index contributed by atoms with van der Waals surface area (Å²) in [5.41, 5.74) is 4.06. The Hall–Kier alpha value is -2.25. The molecule has 4 heteroatoms. The van der Waals surface area contributed by atoms with Gasteiger partial charge in [-0.15, -0.1) is 0 Å². The average Bonchev–Trinajstić information content (AvgIpc) is 2.84. The lowest BCUT2D eigenvalue weighted by molar-refractivity contribution is 0.294. The number of nitrogens with zero attached hydrogens (tertiary/aromatic N) is 2. The second kappa shape index (κ2) is 6.96. The molecule has 0 unspecified atom stereocenters. The van der Waals surface area contributed by atoms with Gasteiger partial charge in [-0.2, -0.15) is 5.10 Å². The molecule has 1 aromatic heterocycles. The molecule has 0 radical (unpaired) electrons. The Kier molecular flexibility index (Phi) is 5.02. The number of hydrogen-bond donors (Lipinski definition) is 1. The van der Waals surface area contributed by atoms with Crippen LogP contribution in [-0.4, -0.2) is 21.5 Å². The fourth-order valence-corrected chi connectivity index (χ4v) is 2.04. The van der Waals surface area contributed by atoms with Crippen molar-refractivity contribution in [2.75, 3.05) is 6.61 Å². The summed E-state index contributed by atoms with van der Waals surface area (Å²) in [6, 6.07) is 7.83. The molecule has 0 atom stereocenters. The Bertz CT molecular complexity index is 678. The largest absolute Gasteiger partial charge is 0.487 e. The van der Waals surface area contributed by atoms with Gasteiger partial charge in [-0.25, -0.2) is 0 Å². The number of ether oxygens (including phenoxy) is 1. The highest BCUT2D eigenvalue weighted by molar-refractivity contribution is 5.44. The Morgan fingerprint density at radius 3 is 2.76 bits per heavy atom. The molecule has 4 nitrogen and oxygen atoms in total. The molecule has 0 aliphatic carbocycles. The van der Waals surface area contributed by atoms with Crippen LogP contribution in [0.3, 0.4) is 0 Å². The molecule has 0 spiro atoms. The van der Waals surface area contributed by atoms with Gasteiger partial charge in [0, 0.05) is 12.6 Å². The summed E-state index contributed by atoms with van der Waals surface area (Å²) in [6.07, 6.45) is 0.922. The van der Waals surface area contributed by atoms with Gasteiger partial charge in [0.1, 0.15) is 19.0 Å². The van der Waals surface area contributed by atoms with E-state index >= 15 is 0 Å². The van der Waals surface area contributed by atoms with E-state index in [1.165, 1.54) is 0 Å². The van der Waals surface area contributed by atoms with Crippen molar-refractivity contribution in [2.45, 2.75) is 26.9 Å². The van der Waals surface area contributed by atoms with E-state index in [1.54, 1.807) is 0 Å². The molecule has 2 aromatic rings. The summed E-state index contributed by atoms with van der Waals surface area (Å²) in [6.45, 7) is 4.43. The van der Waals surface area contributed by atoms with Gasteiger partial charge in [-0.1, -0.05) is 18.8 Å². The quantitative estimate of drug-likeness (QED) is 0.876. The molecule has 0 bridgehead atoms. The topological polar surface area (TPSA) is 47.3 Å². The maximum absolute atomic E-state index is 8.73. The van der Waals surface area contributed by atoms with Crippen LogP contribution >= 0.6 is 0 Å². The first kappa shape index (κ1) is 15.1. The third-order valence-electron chi connectivity index (χ3n) is 3.28. The van der Waals surface area contributed by atoms with Crippen LogP contribution in [0.5, 0.6) is 5.75 Å². The number of rotatable bonds is 4. The number of benzene rings is 1. The number of aliphatic hydroxyl groups is 1. The molecular formula is C17H20N2O2. The van der Waals surface area contributed by atoms with Crippen molar-refractivity contribution < 1.29 is 9.84 Å². The van der Waals surface area contributed by atoms with Crippen LogP contribution in [0.15, 0.2) is 24.3 Å². The monoisotopic (exact) mass is 284 g/mol. The second-order valence-electron chi connectivity index (χ2n) is 4.83. The molecule has 0 amide bonds. The smallest absolute Gasteiger partial charge is 0.130 e. The second-order valence-corrected chi connectivity index (χ2v) is 4.83. The van der Waals surface area contributed by atoms with Gasteiger partial charge in [-0.05, 0) is 43.2 Å². The van der Waals surface area contributed by atoms with E-state index < -0.39 is 0 Å². The van der Waals surface area contributed by atoms with Crippen molar-refractivity contribution in [3.05, 3.63) is 46.8 Å². The lowest BCUT2D eigenvalue weighted by Crippen LogP contribution is -2.03. The van der Waals surface area contributed by atoms with Gasteiger partial charge in [0.25, 0.3) is 0 Å². The van der Waals surface area contributed by atoms with Crippen LogP contribution in [0.1, 0.15) is 29.4 Å². The van der Waals surface area contributed by atoms with E-state index in [-0.39, 0.29) is 6.61 Å². The standard InChI is InChI=1S/C17H20N2O2/c1-4-15-11-16(19(3)18-15)12-21-17-8-7-14(6-5-9-20)13(2)10-17/h7-8,10-11,20H,4,9,12H2,1-3H3. The van der Waals surface area contributed by atoms with E-state index in [1.807, 2.05) is 36.9 Å². The molecular weight excluding hydrogens is 264 g/mol. The van der Waals surface area contributed by atoms with Gasteiger partial charge in [0.05, 0.1) is 11.4 Å². The van der Waals surface area contributed by atoms with Crippen molar-refractivity contribution in [1.29, 1.82) is 0 Å². The van der Waals surface area contributed by atoms with Gasteiger partial charge in [-0.3, -0.25) is 4.68 Å². The molecule has 0 saturated carbocycles. The van der Waals surface area contributed by atoms with Crippen LogP contribution in [0.25, 0.3) is 0 Å². The molecule has 1 aromatic carbocycles. The first-order valence-electron chi connectivity index (χ1n) is 6.99. The molecule has 1 N–H and O–H groups in total. The lowest BCUT2D eigenvalue weighted by atomic mass is 10.1. The molecule has 0 fully saturated rings. The zero-order valence-corrected chi connectivity index (χ0v) is 12.7. The lowest BCUT2D eigenvalue weighted by Gasteiger charge is -2.08. The third kappa shape index (κ3) is 3.87. The Labute approximate surface area is 125 Å². The van der Waals surface area contributed by atoms with Crippen LogP contribution < -0.4 is 4.74 Å². The minimum Gasteiger partial charge on any atom is -0.487 e. The Morgan fingerprint density at radius 2 is 2.14 bits per heavy atom. The zero-order chi connectivity index (χ0) is 15.2. The van der Waals surface area contributed by atoms with Crippen LogP contribution in [-0.2, 0) is 20.1 Å². The summed E-state index contributed by atoms with van der Waals surface area (Å²) >= 11 is 0. The summed E-state index contributed by atoms with van der Waals surface area (Å²) in [5, 5.41) is 13.1. The highest BCUT2D eigenvalue weighted by atomic mass is 16.5. The summed E-state index contributed by atoms with van der Waals surface area (Å²) in [7, 11) is 1.93. The highest BCUT2D eigenvalue weighted by Crippen LogP contribution is 2.18. The normalized spacial score (nSPS) is 10.1. The van der Waals surface area contributed by atoms with Gasteiger partial charge >= 0.3 is 0 Å². The summed E-state index contributed by atoms with van der Waals surface area (Å²) in [5.74, 6) is 6.37. The van der Waals surface area contributed by atoms with Crippen LogP contribution in [0.2, 0.25) is 0 Å². The molecule has 110 valence electrons. The van der Waals surface area contributed by atoms with E-state index in [4.69, 9.17) is 9.84 Å². The third-order valence-corrected chi connectivity index (χ3v) is 3.28. The number of hydrogen-bond acceptors (Lipinski definition) is 3. The van der Waals surface area contributed by atoms with Crippen molar-refractivity contribution in [3.8, 4) is 17.6 Å². The molecule has 1 heterocycles. The maximum atomic E-state index is 8.73. The SMILES string of the molecule is CCc1cc(COc2ccc(C#CCO)c(C)c2)n(C)n1. The molecule has 0 aliphatic rings. The summed E-state index contributed by atoms with van der Waals surface area (Å²) in [4.78, 5) is 0. The van der Waals surface area contributed by atoms with Crippen molar-refractivity contribution in [3.63, 3.8) is 0 Å². The Balaban J connectivity index is 2.06. The number of aromatic nitrogens is 2. The zero-order valence-electron chi connectivity index (χ0n) is 12.7. The minimum absolute atomic E-state index is 0.127. The fourth-order valence-electron chi connectivity index (χ4n) is 2.04. The highest BCUT2D eigenvalue weighted by Gasteiger charge is 2.05.